The minimum Gasteiger partial charge on any atom is -0.357 e. The van der Waals surface area contributed by atoms with Crippen molar-refractivity contribution < 1.29 is 0 Å². The van der Waals surface area contributed by atoms with Crippen molar-refractivity contribution in [1.82, 2.24) is 4.98 Å². The summed E-state index contributed by atoms with van der Waals surface area (Å²) in [6.07, 6.45) is 1.82. The monoisotopic (exact) mass is 303 g/mol. The van der Waals surface area contributed by atoms with Gasteiger partial charge in [0.05, 0.1) is 6.54 Å². The van der Waals surface area contributed by atoms with E-state index in [2.05, 4.69) is 37.7 Å². The second-order valence-electron chi connectivity index (χ2n) is 2.92. The van der Waals surface area contributed by atoms with Crippen LogP contribution in [0.3, 0.4) is 0 Å². The third kappa shape index (κ3) is 3.01. The normalized spacial score (nSPS) is 10.5. The first-order valence-corrected chi connectivity index (χ1v) is 6.88. The van der Waals surface area contributed by atoms with Crippen LogP contribution in [0.4, 0.5) is 5.13 Å². The van der Waals surface area contributed by atoms with Gasteiger partial charge in [0, 0.05) is 32.3 Å². The van der Waals surface area contributed by atoms with Gasteiger partial charge in [0.25, 0.3) is 0 Å². The molecule has 3 N–H and O–H groups in total. The van der Waals surface area contributed by atoms with Crippen LogP contribution in [-0.2, 0) is 13.1 Å². The average molecular weight is 304 g/mol. The fraction of sp³-hybridized carbons (Fsp3) is 0.222. The van der Waals surface area contributed by atoms with Gasteiger partial charge in [-0.3, -0.25) is 0 Å². The number of nitrogens with zero attached hydrogens (tertiary/aromatic N) is 1. The molecule has 0 unspecified atom stereocenters. The molecule has 2 heterocycles. The molecule has 0 aliphatic carbocycles. The van der Waals surface area contributed by atoms with Crippen molar-refractivity contribution in [2.45, 2.75) is 13.1 Å². The lowest BCUT2D eigenvalue weighted by atomic mass is 10.5. The van der Waals surface area contributed by atoms with Crippen LogP contribution in [0.15, 0.2) is 22.1 Å². The third-order valence-corrected chi connectivity index (χ3v) is 4.47. The standard InChI is InChI=1S/C9H10BrN3S2/c10-6-1-7(14-5-6)3-12-9-13-4-8(2-11)15-9/h1,4-5H,2-3,11H2,(H,12,13). The molecule has 2 aromatic rings. The average Bonchev–Trinajstić information content (AvgIpc) is 2.83. The van der Waals surface area contributed by atoms with E-state index in [0.29, 0.717) is 6.54 Å². The highest BCUT2D eigenvalue weighted by atomic mass is 79.9. The lowest BCUT2D eigenvalue weighted by Gasteiger charge is -1.98. The molecule has 0 saturated carbocycles. The van der Waals surface area contributed by atoms with Gasteiger partial charge in [0.2, 0.25) is 0 Å². The van der Waals surface area contributed by atoms with E-state index in [1.807, 2.05) is 6.20 Å². The summed E-state index contributed by atoms with van der Waals surface area (Å²) in [6.45, 7) is 1.37. The van der Waals surface area contributed by atoms with Crippen LogP contribution in [0.1, 0.15) is 9.75 Å². The minimum atomic E-state index is 0.559. The molecular formula is C9H10BrN3S2. The van der Waals surface area contributed by atoms with Gasteiger partial charge >= 0.3 is 0 Å². The number of nitrogens with one attached hydrogen (secondary N) is 1. The first kappa shape index (κ1) is 11.1. The van der Waals surface area contributed by atoms with Crippen LogP contribution in [0.25, 0.3) is 0 Å². The topological polar surface area (TPSA) is 50.9 Å². The Bertz CT molecular complexity index is 438. The van der Waals surface area contributed by atoms with E-state index in [0.717, 1.165) is 21.0 Å². The number of aromatic nitrogens is 1. The molecule has 2 aromatic heterocycles. The maximum atomic E-state index is 5.51. The number of rotatable bonds is 4. The van der Waals surface area contributed by atoms with Crippen molar-refractivity contribution in [3.63, 3.8) is 0 Å². The summed E-state index contributed by atoms with van der Waals surface area (Å²) in [7, 11) is 0. The number of nitrogens with two attached hydrogens (primary N) is 1. The second kappa shape index (κ2) is 5.07. The summed E-state index contributed by atoms with van der Waals surface area (Å²) in [6, 6.07) is 2.11. The SMILES string of the molecule is NCc1cnc(NCc2cc(Br)cs2)s1. The van der Waals surface area contributed by atoms with Crippen molar-refractivity contribution in [2.24, 2.45) is 5.73 Å². The predicted molar refractivity (Wildman–Crippen MR) is 69.4 cm³/mol. The zero-order valence-corrected chi connectivity index (χ0v) is 11.1. The molecule has 0 fully saturated rings. The van der Waals surface area contributed by atoms with Crippen molar-refractivity contribution in [3.05, 3.63) is 31.9 Å². The highest BCUT2D eigenvalue weighted by Crippen LogP contribution is 2.22. The van der Waals surface area contributed by atoms with Crippen LogP contribution in [0.2, 0.25) is 0 Å². The van der Waals surface area contributed by atoms with Crippen molar-refractivity contribution >= 4 is 43.7 Å². The molecule has 0 atom stereocenters. The van der Waals surface area contributed by atoms with E-state index >= 15 is 0 Å². The van der Waals surface area contributed by atoms with Gasteiger partial charge in [-0.15, -0.1) is 22.7 Å². The van der Waals surface area contributed by atoms with E-state index in [1.165, 1.54) is 4.88 Å². The van der Waals surface area contributed by atoms with Gasteiger partial charge in [-0.25, -0.2) is 4.98 Å². The van der Waals surface area contributed by atoms with E-state index in [9.17, 15) is 0 Å². The van der Waals surface area contributed by atoms with Crippen molar-refractivity contribution in [1.29, 1.82) is 0 Å². The van der Waals surface area contributed by atoms with Crippen LogP contribution in [-0.4, -0.2) is 4.98 Å². The molecule has 0 saturated heterocycles. The Morgan fingerprint density at radius 3 is 2.93 bits per heavy atom. The molecule has 0 bridgehead atoms. The summed E-state index contributed by atoms with van der Waals surface area (Å²) in [5.41, 5.74) is 5.51. The summed E-state index contributed by atoms with van der Waals surface area (Å²) in [5.74, 6) is 0. The van der Waals surface area contributed by atoms with Crippen molar-refractivity contribution in [3.8, 4) is 0 Å². The number of hydrogen-bond donors (Lipinski definition) is 2. The van der Waals surface area contributed by atoms with E-state index in [-0.39, 0.29) is 0 Å². The number of thiophene rings is 1. The number of hydrogen-bond acceptors (Lipinski definition) is 5. The van der Waals surface area contributed by atoms with Crippen LogP contribution in [0, 0.1) is 0 Å². The van der Waals surface area contributed by atoms with Crippen LogP contribution < -0.4 is 11.1 Å². The first-order valence-electron chi connectivity index (χ1n) is 4.39. The van der Waals surface area contributed by atoms with E-state index in [1.54, 1.807) is 22.7 Å². The number of anilines is 1. The van der Waals surface area contributed by atoms with Crippen LogP contribution >= 0.6 is 38.6 Å². The van der Waals surface area contributed by atoms with E-state index in [4.69, 9.17) is 5.73 Å². The van der Waals surface area contributed by atoms with Gasteiger partial charge < -0.3 is 11.1 Å². The van der Waals surface area contributed by atoms with Crippen molar-refractivity contribution in [2.75, 3.05) is 5.32 Å². The lowest BCUT2D eigenvalue weighted by molar-refractivity contribution is 1.09. The zero-order valence-electron chi connectivity index (χ0n) is 7.87. The molecule has 0 radical (unpaired) electrons. The van der Waals surface area contributed by atoms with Gasteiger partial charge in [-0.1, -0.05) is 0 Å². The summed E-state index contributed by atoms with van der Waals surface area (Å²) in [4.78, 5) is 6.61. The molecule has 0 aliphatic rings. The molecule has 15 heavy (non-hydrogen) atoms. The summed E-state index contributed by atoms with van der Waals surface area (Å²) < 4.78 is 1.13. The van der Waals surface area contributed by atoms with Gasteiger partial charge in [0.15, 0.2) is 5.13 Å². The lowest BCUT2D eigenvalue weighted by Crippen LogP contribution is -1.95. The number of thiazole rings is 1. The molecule has 6 heteroatoms. The fourth-order valence-corrected chi connectivity index (χ4v) is 3.17. The molecular weight excluding hydrogens is 294 g/mol. The largest absolute Gasteiger partial charge is 0.357 e. The molecule has 0 aromatic carbocycles. The molecule has 0 amide bonds. The molecule has 2 rings (SSSR count). The Hall–Kier alpha value is -0.430. The quantitative estimate of drug-likeness (QED) is 0.913. The highest BCUT2D eigenvalue weighted by molar-refractivity contribution is 9.10. The Morgan fingerprint density at radius 1 is 1.47 bits per heavy atom. The first-order chi connectivity index (χ1) is 7.28. The maximum Gasteiger partial charge on any atom is 0.183 e. The Labute approximate surface area is 104 Å². The molecule has 0 spiro atoms. The maximum absolute atomic E-state index is 5.51. The molecule has 80 valence electrons. The molecule has 0 aliphatic heterocycles. The smallest absolute Gasteiger partial charge is 0.183 e. The van der Waals surface area contributed by atoms with Gasteiger partial charge in [0.1, 0.15) is 0 Å². The van der Waals surface area contributed by atoms with Crippen LogP contribution in [0.5, 0.6) is 0 Å². The number of halogens is 1. The zero-order chi connectivity index (χ0) is 10.7. The minimum absolute atomic E-state index is 0.559. The highest BCUT2D eigenvalue weighted by Gasteiger charge is 2.01. The Morgan fingerprint density at radius 2 is 2.33 bits per heavy atom. The van der Waals surface area contributed by atoms with Gasteiger partial charge in [-0.05, 0) is 22.0 Å². The summed E-state index contributed by atoms with van der Waals surface area (Å²) in [5, 5.41) is 6.27. The summed E-state index contributed by atoms with van der Waals surface area (Å²) >= 11 is 6.76. The third-order valence-electron chi connectivity index (χ3n) is 1.79. The Kier molecular flexibility index (Phi) is 3.74. The molecule has 3 nitrogen and oxygen atoms in total. The second-order valence-corrected chi connectivity index (χ2v) is 5.95. The van der Waals surface area contributed by atoms with Gasteiger partial charge in [-0.2, -0.15) is 0 Å². The van der Waals surface area contributed by atoms with E-state index < -0.39 is 0 Å². The predicted octanol–water partition coefficient (Wildman–Crippen LogP) is 3.04. The Balaban J connectivity index is 1.93. The fourth-order valence-electron chi connectivity index (χ4n) is 1.09.